The van der Waals surface area contributed by atoms with Gasteiger partial charge in [0.25, 0.3) is 0 Å². The van der Waals surface area contributed by atoms with E-state index < -0.39 is 6.10 Å². The normalized spacial score (nSPS) is 19.8. The van der Waals surface area contributed by atoms with Crippen molar-refractivity contribution in [3.05, 3.63) is 53.9 Å². The number of carbonyl (C=O) groups excluding carboxylic acids is 1. The second kappa shape index (κ2) is 8.62. The van der Waals surface area contributed by atoms with Crippen LogP contribution >= 0.6 is 0 Å². The van der Waals surface area contributed by atoms with Crippen LogP contribution in [0, 0.1) is 12.8 Å². The molecule has 3 rings (SSSR count). The fraction of sp³-hybridized carbons (Fsp3) is 0.421. The summed E-state index contributed by atoms with van der Waals surface area (Å²) in [6, 6.07) is 9.62. The smallest absolute Gasteiger partial charge is 0.410 e. The summed E-state index contributed by atoms with van der Waals surface area (Å²) in [7, 11) is 0. The van der Waals surface area contributed by atoms with E-state index in [4.69, 9.17) is 4.74 Å². The Morgan fingerprint density at radius 1 is 1.31 bits per heavy atom. The van der Waals surface area contributed by atoms with Gasteiger partial charge in [-0.15, -0.1) is 0 Å². The topological polar surface area (TPSA) is 87.6 Å². The van der Waals surface area contributed by atoms with Crippen molar-refractivity contribution in [1.82, 2.24) is 14.9 Å². The van der Waals surface area contributed by atoms with Gasteiger partial charge in [-0.3, -0.25) is 0 Å². The molecule has 138 valence electrons. The van der Waals surface area contributed by atoms with Crippen LogP contribution in [0.5, 0.6) is 0 Å². The molecular weight excluding hydrogens is 332 g/mol. The number of ether oxygens (including phenoxy) is 1. The second-order valence-electron chi connectivity index (χ2n) is 6.56. The number of aliphatic hydroxyl groups excluding tert-OH is 1. The zero-order valence-corrected chi connectivity index (χ0v) is 14.8. The number of aromatic nitrogens is 2. The average molecular weight is 356 g/mol. The van der Waals surface area contributed by atoms with E-state index in [1.54, 1.807) is 23.4 Å². The van der Waals surface area contributed by atoms with Crippen molar-refractivity contribution >= 4 is 12.0 Å². The molecule has 0 spiro atoms. The first-order chi connectivity index (χ1) is 12.6. The van der Waals surface area contributed by atoms with Crippen molar-refractivity contribution in [3.63, 3.8) is 0 Å². The van der Waals surface area contributed by atoms with Crippen molar-refractivity contribution in [3.8, 4) is 0 Å². The van der Waals surface area contributed by atoms with E-state index in [1.807, 2.05) is 31.2 Å². The Balaban J connectivity index is 1.43. The Morgan fingerprint density at radius 3 is 2.73 bits per heavy atom. The second-order valence-corrected chi connectivity index (χ2v) is 6.56. The van der Waals surface area contributed by atoms with Gasteiger partial charge in [-0.2, -0.15) is 0 Å². The summed E-state index contributed by atoms with van der Waals surface area (Å²) in [6.07, 6.45) is 3.03. The van der Waals surface area contributed by atoms with Crippen LogP contribution < -0.4 is 5.32 Å². The molecular formula is C19H24N4O3. The zero-order valence-electron chi connectivity index (χ0n) is 14.8. The van der Waals surface area contributed by atoms with Crippen LogP contribution in [-0.2, 0) is 11.3 Å². The Bertz CT molecular complexity index is 708. The number of rotatable bonds is 5. The molecule has 1 aliphatic rings. The predicted molar refractivity (Wildman–Crippen MR) is 97.6 cm³/mol. The van der Waals surface area contributed by atoms with E-state index in [0.717, 1.165) is 5.56 Å². The van der Waals surface area contributed by atoms with E-state index in [0.29, 0.717) is 25.5 Å². The van der Waals surface area contributed by atoms with Gasteiger partial charge in [0, 0.05) is 31.4 Å². The highest BCUT2D eigenvalue weighted by molar-refractivity contribution is 5.67. The fourth-order valence-corrected chi connectivity index (χ4v) is 2.92. The van der Waals surface area contributed by atoms with E-state index in [9.17, 15) is 9.90 Å². The van der Waals surface area contributed by atoms with Crippen LogP contribution in [0.1, 0.15) is 17.5 Å². The highest BCUT2D eigenvalue weighted by Gasteiger charge is 2.30. The van der Waals surface area contributed by atoms with Gasteiger partial charge in [0.1, 0.15) is 6.61 Å². The van der Waals surface area contributed by atoms with E-state index in [2.05, 4.69) is 15.3 Å². The molecule has 2 N–H and O–H groups in total. The molecule has 26 heavy (non-hydrogen) atoms. The number of aliphatic hydroxyl groups is 1. The molecule has 7 nitrogen and oxygen atoms in total. The van der Waals surface area contributed by atoms with Crippen molar-refractivity contribution in [1.29, 1.82) is 0 Å². The van der Waals surface area contributed by atoms with Crippen LogP contribution in [0.25, 0.3) is 0 Å². The lowest BCUT2D eigenvalue weighted by molar-refractivity contribution is 0.0175. The largest absolute Gasteiger partial charge is 0.445 e. The predicted octanol–water partition coefficient (Wildman–Crippen LogP) is 2.22. The minimum Gasteiger partial charge on any atom is -0.445 e. The molecule has 1 aromatic carbocycles. The maximum Gasteiger partial charge on any atom is 0.410 e. The number of anilines is 1. The number of likely N-dealkylation sites (tertiary alicyclic amines) is 1. The molecule has 1 aliphatic heterocycles. The Morgan fingerprint density at radius 2 is 2.04 bits per heavy atom. The highest BCUT2D eigenvalue weighted by Crippen LogP contribution is 2.19. The number of nitrogens with one attached hydrogen (secondary N) is 1. The van der Waals surface area contributed by atoms with Gasteiger partial charge in [0.05, 0.1) is 12.6 Å². The van der Waals surface area contributed by atoms with Gasteiger partial charge in [-0.05, 0) is 25.0 Å². The quantitative estimate of drug-likeness (QED) is 0.854. The number of nitrogens with zero attached hydrogens (tertiary/aromatic N) is 3. The van der Waals surface area contributed by atoms with Gasteiger partial charge in [0.15, 0.2) is 0 Å². The molecule has 1 amide bonds. The molecule has 0 saturated carbocycles. The molecule has 0 unspecified atom stereocenters. The SMILES string of the molecule is Cc1ccc(COC(=O)N2CC[C@H](CNc3ncccn3)[C@@H](O)C2)cc1. The minimum atomic E-state index is -0.605. The third-order valence-electron chi connectivity index (χ3n) is 4.55. The zero-order chi connectivity index (χ0) is 18.4. The summed E-state index contributed by atoms with van der Waals surface area (Å²) in [5, 5.41) is 13.5. The third-order valence-corrected chi connectivity index (χ3v) is 4.55. The van der Waals surface area contributed by atoms with Crippen LogP contribution in [-0.4, -0.2) is 51.8 Å². The van der Waals surface area contributed by atoms with Gasteiger partial charge >= 0.3 is 6.09 Å². The van der Waals surface area contributed by atoms with Gasteiger partial charge in [-0.25, -0.2) is 14.8 Å². The molecule has 0 radical (unpaired) electrons. The minimum absolute atomic E-state index is 0.0416. The first-order valence-corrected chi connectivity index (χ1v) is 8.78. The summed E-state index contributed by atoms with van der Waals surface area (Å²) in [5.74, 6) is 0.583. The van der Waals surface area contributed by atoms with Gasteiger partial charge < -0.3 is 20.1 Å². The number of amides is 1. The first kappa shape index (κ1) is 18.1. The molecule has 2 atom stereocenters. The summed E-state index contributed by atoms with van der Waals surface area (Å²) in [4.78, 5) is 22.0. The van der Waals surface area contributed by atoms with E-state index >= 15 is 0 Å². The standard InChI is InChI=1S/C19H24N4O3/c1-14-3-5-15(6-4-14)13-26-19(25)23-10-7-16(17(24)12-23)11-22-18-20-8-2-9-21-18/h2-6,8-9,16-17,24H,7,10-13H2,1H3,(H,20,21,22)/t16-,17+/m1/s1. The van der Waals surface area contributed by atoms with Gasteiger partial charge in [0.2, 0.25) is 5.95 Å². The Kier molecular flexibility index (Phi) is 6.01. The number of carbonyl (C=O) groups is 1. The molecule has 2 aromatic rings. The molecule has 2 heterocycles. The number of benzene rings is 1. The van der Waals surface area contributed by atoms with Crippen molar-refractivity contribution in [2.45, 2.75) is 26.1 Å². The fourth-order valence-electron chi connectivity index (χ4n) is 2.92. The molecule has 1 fully saturated rings. The summed E-state index contributed by atoms with van der Waals surface area (Å²) >= 11 is 0. The van der Waals surface area contributed by atoms with Crippen LogP contribution in [0.4, 0.5) is 10.7 Å². The highest BCUT2D eigenvalue weighted by atomic mass is 16.6. The number of piperidine rings is 1. The molecule has 1 aromatic heterocycles. The summed E-state index contributed by atoms with van der Waals surface area (Å²) in [5.41, 5.74) is 2.12. The van der Waals surface area contributed by atoms with E-state index in [-0.39, 0.29) is 25.2 Å². The van der Waals surface area contributed by atoms with Crippen LogP contribution in [0.2, 0.25) is 0 Å². The van der Waals surface area contributed by atoms with Crippen molar-refractivity contribution in [2.75, 3.05) is 25.0 Å². The van der Waals surface area contributed by atoms with Crippen LogP contribution in [0.15, 0.2) is 42.7 Å². The van der Waals surface area contributed by atoms with E-state index in [1.165, 1.54) is 5.56 Å². The lowest BCUT2D eigenvalue weighted by Crippen LogP contribution is -2.48. The first-order valence-electron chi connectivity index (χ1n) is 8.78. The lowest BCUT2D eigenvalue weighted by Gasteiger charge is -2.35. The van der Waals surface area contributed by atoms with Crippen LogP contribution in [0.3, 0.4) is 0 Å². The number of β-amino-alcohol motifs (C(OH)–C–C–N with tert-alkyl or cyclic N) is 1. The maximum absolute atomic E-state index is 12.2. The van der Waals surface area contributed by atoms with Gasteiger partial charge in [-0.1, -0.05) is 29.8 Å². The molecule has 0 aliphatic carbocycles. The van der Waals surface area contributed by atoms with Crippen molar-refractivity contribution < 1.29 is 14.6 Å². The average Bonchev–Trinajstić information content (AvgIpc) is 2.67. The maximum atomic E-state index is 12.2. The number of hydrogen-bond acceptors (Lipinski definition) is 6. The Labute approximate surface area is 153 Å². The summed E-state index contributed by atoms with van der Waals surface area (Å²) in [6.45, 7) is 3.65. The van der Waals surface area contributed by atoms with Crippen molar-refractivity contribution in [2.24, 2.45) is 5.92 Å². The summed E-state index contributed by atoms with van der Waals surface area (Å²) < 4.78 is 5.36. The molecule has 0 bridgehead atoms. The molecule has 7 heteroatoms. The molecule has 1 saturated heterocycles. The number of aryl methyl sites for hydroxylation is 1. The monoisotopic (exact) mass is 356 g/mol. The Hall–Kier alpha value is -2.67. The number of hydrogen-bond donors (Lipinski definition) is 2. The third kappa shape index (κ3) is 4.92. The lowest BCUT2D eigenvalue weighted by atomic mass is 9.94.